The third-order valence-electron chi connectivity index (χ3n) is 3.06. The lowest BCUT2D eigenvalue weighted by Crippen LogP contribution is -2.19. The lowest BCUT2D eigenvalue weighted by molar-refractivity contribution is 1.27. The molecule has 17 heavy (non-hydrogen) atoms. The Labute approximate surface area is 101 Å². The predicted octanol–water partition coefficient (Wildman–Crippen LogP) is 2.43. The van der Waals surface area contributed by atoms with E-state index in [9.17, 15) is 0 Å². The molecular formula is C17H14. The molecule has 2 aromatic rings. The maximum atomic E-state index is 2.29. The van der Waals surface area contributed by atoms with E-state index in [-0.39, 0.29) is 0 Å². The van der Waals surface area contributed by atoms with E-state index in [1.165, 1.54) is 21.6 Å². The lowest BCUT2D eigenvalue weighted by atomic mass is 10.1. The number of allylic oxidation sites excluding steroid dienone is 2. The molecule has 0 saturated carbocycles. The van der Waals surface area contributed by atoms with Gasteiger partial charge in [0, 0.05) is 0 Å². The molecule has 0 aliphatic heterocycles. The molecule has 0 fully saturated rings. The van der Waals surface area contributed by atoms with Gasteiger partial charge in [-0.2, -0.15) is 0 Å². The SMILES string of the molecule is C(Cc1ccccc1)=C1C=c2ccccc2=C1. The highest BCUT2D eigenvalue weighted by Gasteiger charge is 1.97. The Kier molecular flexibility index (Phi) is 2.63. The fraction of sp³-hybridized carbons (Fsp3) is 0.0588. The summed E-state index contributed by atoms with van der Waals surface area (Å²) in [5.74, 6) is 0. The normalized spacial score (nSPS) is 12.6. The summed E-state index contributed by atoms with van der Waals surface area (Å²) >= 11 is 0. The minimum absolute atomic E-state index is 0.997. The van der Waals surface area contributed by atoms with Crippen LogP contribution >= 0.6 is 0 Å². The summed E-state index contributed by atoms with van der Waals surface area (Å²) in [6.07, 6.45) is 7.78. The van der Waals surface area contributed by atoms with Crippen molar-refractivity contribution in [1.82, 2.24) is 0 Å². The fourth-order valence-electron chi connectivity index (χ4n) is 2.14. The molecule has 2 aromatic carbocycles. The van der Waals surface area contributed by atoms with Crippen molar-refractivity contribution in [2.45, 2.75) is 6.42 Å². The van der Waals surface area contributed by atoms with Crippen LogP contribution in [-0.4, -0.2) is 0 Å². The van der Waals surface area contributed by atoms with E-state index in [0.717, 1.165) is 6.42 Å². The van der Waals surface area contributed by atoms with Gasteiger partial charge in [-0.15, -0.1) is 0 Å². The Balaban J connectivity index is 1.87. The van der Waals surface area contributed by atoms with Crippen LogP contribution in [0.5, 0.6) is 0 Å². The molecular weight excluding hydrogens is 204 g/mol. The highest BCUT2D eigenvalue weighted by atomic mass is 14.0. The Bertz CT molecular complexity index is 624. The van der Waals surface area contributed by atoms with Crippen LogP contribution in [0.25, 0.3) is 12.2 Å². The summed E-state index contributed by atoms with van der Waals surface area (Å²) in [7, 11) is 0. The molecule has 1 aliphatic carbocycles. The van der Waals surface area contributed by atoms with Crippen molar-refractivity contribution in [2.75, 3.05) is 0 Å². The maximum Gasteiger partial charge on any atom is -0.00884 e. The largest absolute Gasteiger partial charge is 0.0728 e. The van der Waals surface area contributed by atoms with Gasteiger partial charge in [-0.25, -0.2) is 0 Å². The summed E-state index contributed by atoms with van der Waals surface area (Å²) in [6, 6.07) is 19.1. The van der Waals surface area contributed by atoms with E-state index < -0.39 is 0 Å². The van der Waals surface area contributed by atoms with Crippen molar-refractivity contribution in [1.29, 1.82) is 0 Å². The number of hydrogen-bond donors (Lipinski definition) is 0. The van der Waals surface area contributed by atoms with Gasteiger partial charge in [0.25, 0.3) is 0 Å². The zero-order chi connectivity index (χ0) is 11.5. The molecule has 0 radical (unpaired) electrons. The first-order valence-corrected chi connectivity index (χ1v) is 5.94. The van der Waals surface area contributed by atoms with Crippen LogP contribution in [0.1, 0.15) is 5.56 Å². The predicted molar refractivity (Wildman–Crippen MR) is 72.9 cm³/mol. The Hall–Kier alpha value is -2.08. The van der Waals surface area contributed by atoms with Gasteiger partial charge in [0.05, 0.1) is 0 Å². The molecule has 82 valence electrons. The number of fused-ring (bicyclic) bond motifs is 1. The van der Waals surface area contributed by atoms with Gasteiger partial charge in [-0.3, -0.25) is 0 Å². The quantitative estimate of drug-likeness (QED) is 0.726. The molecule has 3 rings (SSSR count). The first-order valence-electron chi connectivity index (χ1n) is 5.94. The van der Waals surface area contributed by atoms with Crippen LogP contribution in [0.4, 0.5) is 0 Å². The highest BCUT2D eigenvalue weighted by Crippen LogP contribution is 2.07. The monoisotopic (exact) mass is 218 g/mol. The third-order valence-corrected chi connectivity index (χ3v) is 3.06. The Morgan fingerprint density at radius 2 is 1.29 bits per heavy atom. The van der Waals surface area contributed by atoms with Gasteiger partial charge in [-0.05, 0) is 40.1 Å². The minimum Gasteiger partial charge on any atom is -0.0728 e. The van der Waals surface area contributed by atoms with Crippen molar-refractivity contribution >= 4 is 12.2 Å². The van der Waals surface area contributed by atoms with Gasteiger partial charge >= 0.3 is 0 Å². The molecule has 0 unspecified atom stereocenters. The standard InChI is InChI=1S/C17H14/c1-2-6-14(7-3-1)10-11-15-12-16-8-4-5-9-17(16)13-15/h1-9,11-13H,10H2. The van der Waals surface area contributed by atoms with Crippen LogP contribution in [-0.2, 0) is 6.42 Å². The van der Waals surface area contributed by atoms with Crippen LogP contribution in [0, 0.1) is 0 Å². The van der Waals surface area contributed by atoms with E-state index in [1.807, 2.05) is 0 Å². The zero-order valence-electron chi connectivity index (χ0n) is 9.64. The summed E-state index contributed by atoms with van der Waals surface area (Å²) in [5, 5.41) is 2.65. The molecule has 1 aliphatic rings. The van der Waals surface area contributed by atoms with Crippen molar-refractivity contribution in [3.63, 3.8) is 0 Å². The molecule has 0 spiro atoms. The third kappa shape index (κ3) is 2.21. The van der Waals surface area contributed by atoms with Crippen molar-refractivity contribution in [3.05, 3.63) is 82.2 Å². The zero-order valence-corrected chi connectivity index (χ0v) is 9.64. The van der Waals surface area contributed by atoms with E-state index in [2.05, 4.69) is 72.8 Å². The van der Waals surface area contributed by atoms with Crippen LogP contribution in [0.3, 0.4) is 0 Å². The second-order valence-corrected chi connectivity index (χ2v) is 4.31. The topological polar surface area (TPSA) is 0 Å². The summed E-state index contributed by atoms with van der Waals surface area (Å²) < 4.78 is 0. The van der Waals surface area contributed by atoms with Crippen molar-refractivity contribution < 1.29 is 0 Å². The number of benzene rings is 2. The molecule has 0 atom stereocenters. The molecule has 0 N–H and O–H groups in total. The van der Waals surface area contributed by atoms with Gasteiger partial charge in [0.2, 0.25) is 0 Å². The van der Waals surface area contributed by atoms with E-state index >= 15 is 0 Å². The van der Waals surface area contributed by atoms with Crippen LogP contribution < -0.4 is 10.4 Å². The first-order chi connectivity index (χ1) is 8.42. The number of hydrogen-bond acceptors (Lipinski definition) is 0. The smallest absolute Gasteiger partial charge is 0.00884 e. The fourth-order valence-corrected chi connectivity index (χ4v) is 2.14. The second kappa shape index (κ2) is 4.42. The summed E-state index contributed by atoms with van der Waals surface area (Å²) in [6.45, 7) is 0. The van der Waals surface area contributed by atoms with Crippen LogP contribution in [0.2, 0.25) is 0 Å². The maximum absolute atomic E-state index is 2.29. The summed E-state index contributed by atoms with van der Waals surface area (Å²) in [5.41, 5.74) is 2.67. The average Bonchev–Trinajstić information content (AvgIpc) is 2.80. The molecule has 0 amide bonds. The molecule has 0 heteroatoms. The van der Waals surface area contributed by atoms with Crippen molar-refractivity contribution in [2.24, 2.45) is 0 Å². The lowest BCUT2D eigenvalue weighted by Gasteiger charge is -1.95. The first kappa shape index (κ1) is 10.1. The molecule has 0 heterocycles. The minimum atomic E-state index is 0.997. The van der Waals surface area contributed by atoms with Gasteiger partial charge < -0.3 is 0 Å². The molecule has 0 bridgehead atoms. The van der Waals surface area contributed by atoms with Gasteiger partial charge in [0.1, 0.15) is 0 Å². The summed E-state index contributed by atoms with van der Waals surface area (Å²) in [4.78, 5) is 0. The average molecular weight is 218 g/mol. The van der Waals surface area contributed by atoms with Gasteiger partial charge in [-0.1, -0.05) is 60.7 Å². The van der Waals surface area contributed by atoms with E-state index in [4.69, 9.17) is 0 Å². The van der Waals surface area contributed by atoms with E-state index in [1.54, 1.807) is 0 Å². The number of rotatable bonds is 2. The highest BCUT2D eigenvalue weighted by molar-refractivity contribution is 5.71. The molecule has 0 saturated heterocycles. The Morgan fingerprint density at radius 3 is 1.94 bits per heavy atom. The molecule has 0 aromatic heterocycles. The van der Waals surface area contributed by atoms with E-state index in [0.29, 0.717) is 0 Å². The van der Waals surface area contributed by atoms with Crippen LogP contribution in [0.15, 0.2) is 66.2 Å². The second-order valence-electron chi connectivity index (χ2n) is 4.31. The van der Waals surface area contributed by atoms with Crippen molar-refractivity contribution in [3.8, 4) is 0 Å². The Morgan fingerprint density at radius 1 is 0.706 bits per heavy atom. The van der Waals surface area contributed by atoms with Gasteiger partial charge in [0.15, 0.2) is 0 Å². The molecule has 0 nitrogen and oxygen atoms in total.